The van der Waals surface area contributed by atoms with Gasteiger partial charge in [-0.2, -0.15) is 13.2 Å². The van der Waals surface area contributed by atoms with Gasteiger partial charge in [0.1, 0.15) is 5.75 Å². The van der Waals surface area contributed by atoms with Crippen LogP contribution in [0.3, 0.4) is 0 Å². The SMILES string of the molecule is COc1cc(OC)c(C(N)CCCC(F)(F)F)cc1OC. The summed E-state index contributed by atoms with van der Waals surface area (Å²) in [6.07, 6.45) is -4.86. The van der Waals surface area contributed by atoms with Gasteiger partial charge in [0.2, 0.25) is 0 Å². The lowest BCUT2D eigenvalue weighted by molar-refractivity contribution is -0.135. The number of rotatable bonds is 7. The molecule has 0 heterocycles. The van der Waals surface area contributed by atoms with Gasteiger partial charge in [0, 0.05) is 24.1 Å². The minimum absolute atomic E-state index is 0.0395. The predicted octanol–water partition coefficient (Wildman–Crippen LogP) is 3.44. The zero-order chi connectivity index (χ0) is 16.0. The molecule has 1 atom stereocenters. The first-order valence-corrected chi connectivity index (χ1v) is 6.44. The highest BCUT2D eigenvalue weighted by Gasteiger charge is 2.27. The van der Waals surface area contributed by atoms with Crippen LogP contribution in [-0.2, 0) is 0 Å². The number of ether oxygens (including phenoxy) is 3. The molecule has 1 unspecified atom stereocenters. The largest absolute Gasteiger partial charge is 0.496 e. The summed E-state index contributed by atoms with van der Waals surface area (Å²) >= 11 is 0. The van der Waals surface area contributed by atoms with Crippen molar-refractivity contribution in [2.45, 2.75) is 31.5 Å². The lowest BCUT2D eigenvalue weighted by atomic mass is 10.00. The van der Waals surface area contributed by atoms with Gasteiger partial charge in [0.05, 0.1) is 21.3 Å². The molecule has 1 aromatic rings. The molecule has 1 rings (SSSR count). The highest BCUT2D eigenvalue weighted by Crippen LogP contribution is 2.38. The molecule has 120 valence electrons. The van der Waals surface area contributed by atoms with Crippen LogP contribution in [0.5, 0.6) is 17.2 Å². The number of benzene rings is 1. The van der Waals surface area contributed by atoms with Crippen molar-refractivity contribution >= 4 is 0 Å². The Hall–Kier alpha value is -1.63. The van der Waals surface area contributed by atoms with Gasteiger partial charge in [0.15, 0.2) is 11.5 Å². The molecular formula is C14H20F3NO3. The average molecular weight is 307 g/mol. The molecule has 0 radical (unpaired) electrons. The van der Waals surface area contributed by atoms with Crippen molar-refractivity contribution < 1.29 is 27.4 Å². The summed E-state index contributed by atoms with van der Waals surface area (Å²) in [6, 6.07) is 2.68. The van der Waals surface area contributed by atoms with E-state index in [0.717, 1.165) is 0 Å². The Morgan fingerprint density at radius 1 is 1.00 bits per heavy atom. The Morgan fingerprint density at radius 2 is 1.52 bits per heavy atom. The molecule has 0 spiro atoms. The summed E-state index contributed by atoms with van der Waals surface area (Å²) in [5.41, 5.74) is 6.57. The van der Waals surface area contributed by atoms with Gasteiger partial charge in [0.25, 0.3) is 0 Å². The van der Waals surface area contributed by atoms with E-state index >= 15 is 0 Å². The maximum Gasteiger partial charge on any atom is 0.389 e. The second-order valence-electron chi connectivity index (χ2n) is 4.56. The van der Waals surface area contributed by atoms with Crippen molar-refractivity contribution in [1.29, 1.82) is 0 Å². The van der Waals surface area contributed by atoms with E-state index in [2.05, 4.69) is 0 Å². The Kier molecular flexibility index (Phi) is 6.14. The Labute approximate surface area is 122 Å². The van der Waals surface area contributed by atoms with E-state index < -0.39 is 18.6 Å². The molecule has 0 fully saturated rings. The number of halogens is 3. The molecule has 0 bridgehead atoms. The van der Waals surface area contributed by atoms with Crippen molar-refractivity contribution in [3.63, 3.8) is 0 Å². The Balaban J connectivity index is 2.89. The van der Waals surface area contributed by atoms with Crippen LogP contribution in [0.15, 0.2) is 12.1 Å². The fourth-order valence-electron chi connectivity index (χ4n) is 2.02. The fraction of sp³-hybridized carbons (Fsp3) is 0.571. The second kappa shape index (κ2) is 7.40. The quantitative estimate of drug-likeness (QED) is 0.838. The van der Waals surface area contributed by atoms with E-state index in [1.165, 1.54) is 21.3 Å². The van der Waals surface area contributed by atoms with Crippen LogP contribution in [0.25, 0.3) is 0 Å². The second-order valence-corrected chi connectivity index (χ2v) is 4.56. The zero-order valence-electron chi connectivity index (χ0n) is 12.3. The number of hydrogen-bond acceptors (Lipinski definition) is 4. The monoisotopic (exact) mass is 307 g/mol. The maximum absolute atomic E-state index is 12.2. The standard InChI is InChI=1S/C14H20F3NO3/c1-19-11-8-13(21-3)12(20-2)7-9(11)10(18)5-4-6-14(15,16)17/h7-8,10H,4-6,18H2,1-3H3. The summed E-state index contributed by atoms with van der Waals surface area (Å²) in [5, 5.41) is 0. The molecule has 4 nitrogen and oxygen atoms in total. The van der Waals surface area contributed by atoms with E-state index in [1.807, 2.05) is 0 Å². The van der Waals surface area contributed by atoms with Crippen LogP contribution in [0, 0.1) is 0 Å². The van der Waals surface area contributed by atoms with Crippen LogP contribution in [0.4, 0.5) is 13.2 Å². The first kappa shape index (κ1) is 17.4. The van der Waals surface area contributed by atoms with Gasteiger partial charge >= 0.3 is 6.18 Å². The van der Waals surface area contributed by atoms with Gasteiger partial charge in [-0.05, 0) is 18.9 Å². The number of hydrogen-bond donors (Lipinski definition) is 1. The molecule has 0 aliphatic rings. The van der Waals surface area contributed by atoms with Crippen molar-refractivity contribution in [2.24, 2.45) is 5.73 Å². The zero-order valence-corrected chi connectivity index (χ0v) is 12.3. The molecule has 0 saturated heterocycles. The molecule has 0 saturated carbocycles. The molecule has 0 aliphatic carbocycles. The van der Waals surface area contributed by atoms with Crippen molar-refractivity contribution in [2.75, 3.05) is 21.3 Å². The molecule has 0 amide bonds. The number of nitrogens with two attached hydrogens (primary N) is 1. The normalized spacial score (nSPS) is 12.9. The minimum atomic E-state index is -4.17. The van der Waals surface area contributed by atoms with Gasteiger partial charge in [-0.3, -0.25) is 0 Å². The van der Waals surface area contributed by atoms with E-state index in [1.54, 1.807) is 12.1 Å². The summed E-state index contributed by atoms with van der Waals surface area (Å²) in [7, 11) is 4.43. The maximum atomic E-state index is 12.2. The molecule has 7 heteroatoms. The van der Waals surface area contributed by atoms with Crippen molar-refractivity contribution in [3.05, 3.63) is 17.7 Å². The van der Waals surface area contributed by atoms with Crippen LogP contribution >= 0.6 is 0 Å². The van der Waals surface area contributed by atoms with Gasteiger partial charge < -0.3 is 19.9 Å². The highest BCUT2D eigenvalue weighted by atomic mass is 19.4. The molecule has 21 heavy (non-hydrogen) atoms. The minimum Gasteiger partial charge on any atom is -0.496 e. The third kappa shape index (κ3) is 5.00. The van der Waals surface area contributed by atoms with Gasteiger partial charge in [-0.15, -0.1) is 0 Å². The van der Waals surface area contributed by atoms with Gasteiger partial charge in [-0.1, -0.05) is 0 Å². The summed E-state index contributed by atoms with van der Waals surface area (Å²) in [4.78, 5) is 0. The van der Waals surface area contributed by atoms with Gasteiger partial charge in [-0.25, -0.2) is 0 Å². The third-order valence-electron chi connectivity index (χ3n) is 3.11. The number of alkyl halides is 3. The predicted molar refractivity (Wildman–Crippen MR) is 72.9 cm³/mol. The summed E-state index contributed by atoms with van der Waals surface area (Å²) in [5.74, 6) is 1.40. The van der Waals surface area contributed by atoms with Crippen LogP contribution in [0.1, 0.15) is 30.9 Å². The smallest absolute Gasteiger partial charge is 0.389 e. The first-order chi connectivity index (χ1) is 9.82. The summed E-state index contributed by atoms with van der Waals surface area (Å²) in [6.45, 7) is 0. The Morgan fingerprint density at radius 3 is 2.00 bits per heavy atom. The highest BCUT2D eigenvalue weighted by molar-refractivity contribution is 5.51. The van der Waals surface area contributed by atoms with E-state index in [0.29, 0.717) is 22.8 Å². The Bertz CT molecular complexity index is 464. The third-order valence-corrected chi connectivity index (χ3v) is 3.11. The van der Waals surface area contributed by atoms with Crippen LogP contribution in [-0.4, -0.2) is 27.5 Å². The summed E-state index contributed by atoms with van der Waals surface area (Å²) < 4.78 is 52.0. The first-order valence-electron chi connectivity index (χ1n) is 6.44. The van der Waals surface area contributed by atoms with E-state index in [-0.39, 0.29) is 12.8 Å². The molecule has 1 aromatic carbocycles. The molecule has 0 aromatic heterocycles. The topological polar surface area (TPSA) is 53.7 Å². The van der Waals surface area contributed by atoms with Crippen molar-refractivity contribution in [1.82, 2.24) is 0 Å². The fourth-order valence-corrected chi connectivity index (χ4v) is 2.02. The van der Waals surface area contributed by atoms with Crippen LogP contribution in [0.2, 0.25) is 0 Å². The van der Waals surface area contributed by atoms with E-state index in [4.69, 9.17) is 19.9 Å². The lowest BCUT2D eigenvalue weighted by Gasteiger charge is -2.19. The molecule has 0 aliphatic heterocycles. The van der Waals surface area contributed by atoms with Crippen LogP contribution < -0.4 is 19.9 Å². The molecular weight excluding hydrogens is 287 g/mol. The van der Waals surface area contributed by atoms with E-state index in [9.17, 15) is 13.2 Å². The lowest BCUT2D eigenvalue weighted by Crippen LogP contribution is -2.14. The average Bonchev–Trinajstić information content (AvgIpc) is 2.44. The number of methoxy groups -OCH3 is 3. The van der Waals surface area contributed by atoms with Crippen molar-refractivity contribution in [3.8, 4) is 17.2 Å². The molecule has 2 N–H and O–H groups in total.